The molecular formula is C14H20N2O3. The summed E-state index contributed by atoms with van der Waals surface area (Å²) in [7, 11) is 0. The number of amides is 1. The van der Waals surface area contributed by atoms with Crippen LogP contribution in [0.1, 0.15) is 13.8 Å². The van der Waals surface area contributed by atoms with Crippen LogP contribution in [0, 0.1) is 0 Å². The lowest BCUT2D eigenvalue weighted by Gasteiger charge is -2.36. The minimum atomic E-state index is -0.543. The zero-order valence-corrected chi connectivity index (χ0v) is 11.3. The molecule has 1 aliphatic heterocycles. The lowest BCUT2D eigenvalue weighted by Crippen LogP contribution is -2.60. The fourth-order valence-corrected chi connectivity index (χ4v) is 2.32. The van der Waals surface area contributed by atoms with Gasteiger partial charge in [0.1, 0.15) is 11.8 Å². The zero-order valence-electron chi connectivity index (χ0n) is 11.3. The molecule has 0 saturated carbocycles. The molecule has 0 aromatic heterocycles. The molecule has 1 heterocycles. The van der Waals surface area contributed by atoms with E-state index in [1.165, 1.54) is 0 Å². The number of aliphatic hydroxyl groups is 1. The Labute approximate surface area is 113 Å². The molecular weight excluding hydrogens is 244 g/mol. The third-order valence-corrected chi connectivity index (χ3v) is 3.14. The predicted octanol–water partition coefficient (Wildman–Crippen LogP) is 0.771. The van der Waals surface area contributed by atoms with Gasteiger partial charge in [-0.1, -0.05) is 12.1 Å². The van der Waals surface area contributed by atoms with Crippen molar-refractivity contribution < 1.29 is 14.6 Å². The van der Waals surface area contributed by atoms with E-state index in [4.69, 9.17) is 4.74 Å². The number of nitrogens with one attached hydrogen (secondary N) is 1. The summed E-state index contributed by atoms with van der Waals surface area (Å²) in [5.74, 6) is 0.580. The molecule has 1 saturated heterocycles. The first kappa shape index (κ1) is 13.8. The van der Waals surface area contributed by atoms with Crippen molar-refractivity contribution in [2.45, 2.75) is 25.9 Å². The van der Waals surface area contributed by atoms with Crippen LogP contribution >= 0.6 is 0 Å². The van der Waals surface area contributed by atoms with Gasteiger partial charge in [0.25, 0.3) is 0 Å². The maximum atomic E-state index is 12.3. The van der Waals surface area contributed by atoms with Crippen LogP contribution in [-0.4, -0.2) is 42.9 Å². The highest BCUT2D eigenvalue weighted by Gasteiger charge is 2.33. The van der Waals surface area contributed by atoms with E-state index in [-0.39, 0.29) is 18.6 Å². The van der Waals surface area contributed by atoms with Crippen LogP contribution in [0.4, 0.5) is 5.69 Å². The van der Waals surface area contributed by atoms with Gasteiger partial charge in [-0.25, -0.2) is 0 Å². The van der Waals surface area contributed by atoms with Crippen LogP contribution in [0.2, 0.25) is 0 Å². The fraction of sp³-hybridized carbons (Fsp3) is 0.500. The second kappa shape index (κ2) is 6.04. The molecule has 1 aromatic carbocycles. The zero-order chi connectivity index (χ0) is 13.8. The van der Waals surface area contributed by atoms with Gasteiger partial charge in [-0.05, 0) is 26.0 Å². The van der Waals surface area contributed by atoms with Gasteiger partial charge in [0.05, 0.1) is 18.9 Å². The smallest absolute Gasteiger partial charge is 0.246 e. The van der Waals surface area contributed by atoms with E-state index in [2.05, 4.69) is 5.32 Å². The van der Waals surface area contributed by atoms with E-state index in [0.29, 0.717) is 18.9 Å². The van der Waals surface area contributed by atoms with Gasteiger partial charge >= 0.3 is 0 Å². The average Bonchev–Trinajstić information content (AvgIpc) is 2.42. The van der Waals surface area contributed by atoms with Crippen molar-refractivity contribution in [2.24, 2.45) is 0 Å². The Hall–Kier alpha value is -1.59. The Morgan fingerprint density at radius 3 is 2.89 bits per heavy atom. The number of hydrogen-bond donors (Lipinski definition) is 2. The van der Waals surface area contributed by atoms with Gasteiger partial charge in [-0.2, -0.15) is 0 Å². The number of aliphatic hydroxyl groups excluding tert-OH is 1. The number of para-hydroxylation sites is 2. The molecule has 19 heavy (non-hydrogen) atoms. The van der Waals surface area contributed by atoms with Crippen molar-refractivity contribution in [3.63, 3.8) is 0 Å². The number of hydrogen-bond acceptors (Lipinski definition) is 4. The van der Waals surface area contributed by atoms with Crippen LogP contribution in [0.25, 0.3) is 0 Å². The second-order valence-corrected chi connectivity index (χ2v) is 4.65. The molecule has 2 rings (SSSR count). The van der Waals surface area contributed by atoms with Gasteiger partial charge in [0.15, 0.2) is 0 Å². The number of nitrogens with zero attached hydrogens (tertiary/aromatic N) is 1. The molecule has 2 atom stereocenters. The lowest BCUT2D eigenvalue weighted by molar-refractivity contribution is -0.123. The van der Waals surface area contributed by atoms with Crippen molar-refractivity contribution in [3.8, 4) is 5.75 Å². The number of carbonyl (C=O) groups excluding carboxylic acids is 1. The molecule has 0 radical (unpaired) electrons. The molecule has 0 aliphatic carbocycles. The molecule has 104 valence electrons. The van der Waals surface area contributed by atoms with Crippen molar-refractivity contribution in [3.05, 3.63) is 24.3 Å². The minimum Gasteiger partial charge on any atom is -0.492 e. The number of anilines is 1. The van der Waals surface area contributed by atoms with E-state index in [1.54, 1.807) is 4.90 Å². The van der Waals surface area contributed by atoms with Crippen molar-refractivity contribution in [1.82, 2.24) is 5.32 Å². The summed E-state index contributed by atoms with van der Waals surface area (Å²) >= 11 is 0. The van der Waals surface area contributed by atoms with Crippen LogP contribution in [0.5, 0.6) is 5.75 Å². The van der Waals surface area contributed by atoms with Crippen LogP contribution in [-0.2, 0) is 4.79 Å². The van der Waals surface area contributed by atoms with E-state index in [1.807, 2.05) is 38.1 Å². The first-order valence-electron chi connectivity index (χ1n) is 6.57. The molecule has 5 heteroatoms. The van der Waals surface area contributed by atoms with Crippen LogP contribution in [0.3, 0.4) is 0 Å². The average molecular weight is 264 g/mol. The maximum absolute atomic E-state index is 12.3. The Bertz CT molecular complexity index is 450. The number of ether oxygens (including phenoxy) is 1. The lowest BCUT2D eigenvalue weighted by atomic mass is 10.1. The predicted molar refractivity (Wildman–Crippen MR) is 73.4 cm³/mol. The summed E-state index contributed by atoms with van der Waals surface area (Å²) < 4.78 is 5.57. The summed E-state index contributed by atoms with van der Waals surface area (Å²) in [6.45, 7) is 4.83. The topological polar surface area (TPSA) is 61.8 Å². The van der Waals surface area contributed by atoms with Gasteiger partial charge in [0, 0.05) is 12.6 Å². The van der Waals surface area contributed by atoms with Gasteiger partial charge in [-0.15, -0.1) is 0 Å². The normalized spacial score (nSPS) is 23.5. The SMILES string of the molecule is CCOc1ccccc1N1CC(C)NC(CO)C1=O. The molecule has 2 N–H and O–H groups in total. The molecule has 5 nitrogen and oxygen atoms in total. The molecule has 2 unspecified atom stereocenters. The fourth-order valence-electron chi connectivity index (χ4n) is 2.32. The van der Waals surface area contributed by atoms with E-state index >= 15 is 0 Å². The van der Waals surface area contributed by atoms with Gasteiger partial charge in [-0.3, -0.25) is 10.1 Å². The summed E-state index contributed by atoms with van der Waals surface area (Å²) in [4.78, 5) is 14.0. The van der Waals surface area contributed by atoms with E-state index in [0.717, 1.165) is 5.69 Å². The molecule has 1 fully saturated rings. The quantitative estimate of drug-likeness (QED) is 0.843. The summed E-state index contributed by atoms with van der Waals surface area (Å²) in [6, 6.07) is 7.07. The molecule has 0 bridgehead atoms. The highest BCUT2D eigenvalue weighted by atomic mass is 16.5. The van der Waals surface area contributed by atoms with Gasteiger partial charge < -0.3 is 14.7 Å². The largest absolute Gasteiger partial charge is 0.492 e. The van der Waals surface area contributed by atoms with Crippen molar-refractivity contribution in [2.75, 3.05) is 24.7 Å². The summed E-state index contributed by atoms with van der Waals surface area (Å²) in [5, 5.41) is 12.4. The maximum Gasteiger partial charge on any atom is 0.246 e. The van der Waals surface area contributed by atoms with Crippen LogP contribution < -0.4 is 15.0 Å². The summed E-state index contributed by atoms with van der Waals surface area (Å²) in [5.41, 5.74) is 0.765. The van der Waals surface area contributed by atoms with E-state index < -0.39 is 6.04 Å². The third-order valence-electron chi connectivity index (χ3n) is 3.14. The molecule has 1 aromatic rings. The third kappa shape index (κ3) is 2.88. The highest BCUT2D eigenvalue weighted by Crippen LogP contribution is 2.29. The minimum absolute atomic E-state index is 0.118. The monoisotopic (exact) mass is 264 g/mol. The highest BCUT2D eigenvalue weighted by molar-refractivity contribution is 5.99. The standard InChI is InChI=1S/C14H20N2O3/c1-3-19-13-7-5-4-6-12(13)16-8-10(2)15-11(9-17)14(16)18/h4-7,10-11,15,17H,3,8-9H2,1-2H3. The van der Waals surface area contributed by atoms with Gasteiger partial charge in [0.2, 0.25) is 5.91 Å². The second-order valence-electron chi connectivity index (χ2n) is 4.65. The van der Waals surface area contributed by atoms with E-state index in [9.17, 15) is 9.90 Å². The number of rotatable bonds is 4. The number of carbonyl (C=O) groups is 1. The first-order chi connectivity index (χ1) is 9.17. The Morgan fingerprint density at radius 1 is 1.47 bits per heavy atom. The molecule has 0 spiro atoms. The molecule has 1 aliphatic rings. The van der Waals surface area contributed by atoms with Crippen molar-refractivity contribution >= 4 is 11.6 Å². The van der Waals surface area contributed by atoms with Crippen molar-refractivity contribution in [1.29, 1.82) is 0 Å². The number of benzene rings is 1. The Kier molecular flexibility index (Phi) is 4.39. The molecule has 1 amide bonds. The Morgan fingerprint density at radius 2 is 2.21 bits per heavy atom. The van der Waals surface area contributed by atoms with Crippen LogP contribution in [0.15, 0.2) is 24.3 Å². The number of piperazine rings is 1. The Balaban J connectivity index is 2.31. The summed E-state index contributed by atoms with van der Waals surface area (Å²) in [6.07, 6.45) is 0. The first-order valence-corrected chi connectivity index (χ1v) is 6.57.